The van der Waals surface area contributed by atoms with E-state index < -0.39 is 0 Å². The topological polar surface area (TPSA) is 86.0 Å². The van der Waals surface area contributed by atoms with Gasteiger partial charge in [0.25, 0.3) is 0 Å². The fourth-order valence-electron chi connectivity index (χ4n) is 3.24. The molecule has 152 valence electrons. The molecule has 4 heterocycles. The van der Waals surface area contributed by atoms with E-state index in [1.54, 1.807) is 30.3 Å². The third-order valence-electron chi connectivity index (χ3n) is 4.75. The molecule has 0 unspecified atom stereocenters. The fourth-order valence-corrected chi connectivity index (χ4v) is 5.17. The van der Waals surface area contributed by atoms with Crippen LogP contribution in [0.4, 0.5) is 0 Å². The van der Waals surface area contributed by atoms with Gasteiger partial charge < -0.3 is 14.2 Å². The summed E-state index contributed by atoms with van der Waals surface area (Å²) in [5, 5.41) is 0.729. The number of pyridine rings is 1. The van der Waals surface area contributed by atoms with Crippen molar-refractivity contribution in [2.45, 2.75) is 17.8 Å². The number of fused-ring (bicyclic) bond motifs is 2. The van der Waals surface area contributed by atoms with Gasteiger partial charge in [0.2, 0.25) is 6.79 Å². The highest BCUT2D eigenvalue weighted by Crippen LogP contribution is 2.36. The van der Waals surface area contributed by atoms with E-state index in [9.17, 15) is 0 Å². The molecule has 0 saturated heterocycles. The average molecular weight is 441 g/mol. The standard InChI is InChI=1S/C20H18N5O3S2/c1-12-15(10-29-30-20-21-5-3-6-22-20)25(7-4-16(12)26-2)19-23-13-8-17-18(28-11-27-17)9-14(13)24-19/h3-9H,10-11H2,1-2H3,(H,23,24)/q+1. The summed E-state index contributed by atoms with van der Waals surface area (Å²) in [6, 6.07) is 7.56. The largest absolute Gasteiger partial charge is 0.496 e. The van der Waals surface area contributed by atoms with Gasteiger partial charge in [0.1, 0.15) is 17.0 Å². The smallest absolute Gasteiger partial charge is 0.402 e. The Bertz CT molecular complexity index is 1180. The van der Waals surface area contributed by atoms with Crippen LogP contribution in [0.25, 0.3) is 17.0 Å². The van der Waals surface area contributed by atoms with Crippen LogP contribution in [0.15, 0.2) is 48.0 Å². The first kappa shape index (κ1) is 19.0. The average Bonchev–Trinajstić information content (AvgIpc) is 3.39. The second kappa shape index (κ2) is 8.04. The van der Waals surface area contributed by atoms with Crippen molar-refractivity contribution < 1.29 is 18.8 Å². The van der Waals surface area contributed by atoms with E-state index in [-0.39, 0.29) is 6.79 Å². The van der Waals surface area contributed by atoms with Crippen LogP contribution in [0.3, 0.4) is 0 Å². The van der Waals surface area contributed by atoms with Gasteiger partial charge in [-0.3, -0.25) is 0 Å². The first-order valence-electron chi connectivity index (χ1n) is 9.17. The van der Waals surface area contributed by atoms with E-state index in [0.717, 1.165) is 44.9 Å². The number of nitrogens with one attached hydrogen (secondary N) is 1. The summed E-state index contributed by atoms with van der Waals surface area (Å²) in [6.07, 6.45) is 5.45. The minimum atomic E-state index is 0.241. The van der Waals surface area contributed by atoms with Crippen molar-refractivity contribution in [2.24, 2.45) is 0 Å². The zero-order valence-corrected chi connectivity index (χ0v) is 17.9. The number of benzene rings is 1. The second-order valence-corrected chi connectivity index (χ2v) is 8.75. The molecular weight excluding hydrogens is 422 g/mol. The molecule has 4 aromatic rings. The van der Waals surface area contributed by atoms with Crippen LogP contribution in [0.2, 0.25) is 0 Å². The number of imidazole rings is 1. The van der Waals surface area contributed by atoms with Crippen molar-refractivity contribution in [1.29, 1.82) is 0 Å². The van der Waals surface area contributed by atoms with Gasteiger partial charge in [0.05, 0.1) is 19.1 Å². The van der Waals surface area contributed by atoms with Crippen molar-refractivity contribution in [3.8, 4) is 23.2 Å². The molecule has 0 amide bonds. The zero-order valence-electron chi connectivity index (χ0n) is 16.3. The molecule has 0 spiro atoms. The van der Waals surface area contributed by atoms with Crippen LogP contribution < -0.4 is 18.8 Å². The van der Waals surface area contributed by atoms with Gasteiger partial charge in [-0.05, 0) is 23.8 Å². The Hall–Kier alpha value is -2.98. The summed E-state index contributed by atoms with van der Waals surface area (Å²) in [6.45, 7) is 2.29. The lowest BCUT2D eigenvalue weighted by atomic mass is 10.2. The maximum absolute atomic E-state index is 5.54. The first-order valence-corrected chi connectivity index (χ1v) is 11.5. The molecule has 10 heteroatoms. The molecule has 3 aromatic heterocycles. The molecule has 1 aromatic carbocycles. The SMILES string of the molecule is COc1cc[n+](-c2nc3cc4c(cc3[nH]2)OCO4)c(CSSc2ncccn2)c1C. The normalized spacial score (nSPS) is 12.5. The maximum atomic E-state index is 5.54. The summed E-state index contributed by atoms with van der Waals surface area (Å²) in [7, 11) is 4.88. The van der Waals surface area contributed by atoms with E-state index in [1.165, 1.54) is 10.8 Å². The lowest BCUT2D eigenvalue weighted by molar-refractivity contribution is -0.610. The van der Waals surface area contributed by atoms with Crippen molar-refractivity contribution in [3.05, 3.63) is 54.1 Å². The van der Waals surface area contributed by atoms with Crippen molar-refractivity contribution in [3.63, 3.8) is 0 Å². The van der Waals surface area contributed by atoms with Gasteiger partial charge in [-0.15, -0.1) is 0 Å². The van der Waals surface area contributed by atoms with Crippen LogP contribution in [0.5, 0.6) is 17.2 Å². The quantitative estimate of drug-likeness (QED) is 0.276. The fraction of sp³-hybridized carbons (Fsp3) is 0.200. The van der Waals surface area contributed by atoms with Crippen molar-refractivity contribution in [1.82, 2.24) is 19.9 Å². The Morgan fingerprint density at radius 3 is 2.80 bits per heavy atom. The lowest BCUT2D eigenvalue weighted by Crippen LogP contribution is -2.37. The van der Waals surface area contributed by atoms with Crippen LogP contribution in [-0.4, -0.2) is 33.8 Å². The van der Waals surface area contributed by atoms with E-state index in [2.05, 4.69) is 15.0 Å². The Morgan fingerprint density at radius 1 is 1.20 bits per heavy atom. The first-order chi connectivity index (χ1) is 14.7. The molecule has 0 fully saturated rings. The van der Waals surface area contributed by atoms with E-state index >= 15 is 0 Å². The number of aromatic amines is 1. The van der Waals surface area contributed by atoms with Gasteiger partial charge in [0.15, 0.2) is 22.2 Å². The predicted octanol–water partition coefficient (Wildman–Crippen LogP) is 3.62. The lowest BCUT2D eigenvalue weighted by Gasteiger charge is -2.12. The molecule has 0 atom stereocenters. The molecule has 1 N–H and O–H groups in total. The maximum Gasteiger partial charge on any atom is 0.402 e. The van der Waals surface area contributed by atoms with Crippen molar-refractivity contribution in [2.75, 3.05) is 13.9 Å². The molecule has 30 heavy (non-hydrogen) atoms. The highest BCUT2D eigenvalue weighted by Gasteiger charge is 2.24. The third kappa shape index (κ3) is 3.52. The van der Waals surface area contributed by atoms with Crippen LogP contribution in [0, 0.1) is 6.92 Å². The molecular formula is C20H18N5O3S2+. The Kier molecular flexibility index (Phi) is 5.09. The molecule has 0 radical (unpaired) electrons. The van der Waals surface area contributed by atoms with Gasteiger partial charge in [-0.1, -0.05) is 15.8 Å². The zero-order chi connectivity index (χ0) is 20.5. The van der Waals surface area contributed by atoms with E-state index in [4.69, 9.17) is 19.2 Å². The van der Waals surface area contributed by atoms with Crippen molar-refractivity contribution >= 4 is 32.6 Å². The van der Waals surface area contributed by atoms with Crippen LogP contribution in [-0.2, 0) is 5.75 Å². The Balaban J connectivity index is 1.49. The highest BCUT2D eigenvalue weighted by atomic mass is 33.1. The van der Waals surface area contributed by atoms with Gasteiger partial charge in [-0.25, -0.2) is 19.5 Å². The number of aromatic nitrogens is 5. The van der Waals surface area contributed by atoms with Crippen LogP contribution in [0.1, 0.15) is 11.3 Å². The minimum Gasteiger partial charge on any atom is -0.496 e. The number of hydrogen-bond donors (Lipinski definition) is 1. The summed E-state index contributed by atoms with van der Waals surface area (Å²) in [5.41, 5.74) is 3.83. The molecule has 1 aliphatic heterocycles. The molecule has 1 aliphatic rings. The molecule has 8 nitrogen and oxygen atoms in total. The molecule has 0 bridgehead atoms. The number of nitrogens with zero attached hydrogens (tertiary/aromatic N) is 4. The summed E-state index contributed by atoms with van der Waals surface area (Å²) in [5.74, 6) is 3.71. The minimum absolute atomic E-state index is 0.241. The highest BCUT2D eigenvalue weighted by molar-refractivity contribution is 8.76. The summed E-state index contributed by atoms with van der Waals surface area (Å²) in [4.78, 5) is 16.7. The number of hydrogen-bond acceptors (Lipinski definition) is 8. The number of rotatable bonds is 6. The predicted molar refractivity (Wildman–Crippen MR) is 114 cm³/mol. The van der Waals surface area contributed by atoms with E-state index in [0.29, 0.717) is 11.5 Å². The number of methoxy groups -OCH3 is 1. The number of H-pyrrole nitrogens is 1. The number of ether oxygens (including phenoxy) is 3. The van der Waals surface area contributed by atoms with Crippen LogP contribution >= 0.6 is 21.6 Å². The molecule has 0 aliphatic carbocycles. The Morgan fingerprint density at radius 2 is 2.00 bits per heavy atom. The van der Waals surface area contributed by atoms with Gasteiger partial charge in [-0.2, -0.15) is 0 Å². The summed E-state index contributed by atoms with van der Waals surface area (Å²) < 4.78 is 18.5. The molecule has 0 saturated carbocycles. The summed E-state index contributed by atoms with van der Waals surface area (Å²) >= 11 is 0. The van der Waals surface area contributed by atoms with Gasteiger partial charge >= 0.3 is 5.95 Å². The van der Waals surface area contributed by atoms with Gasteiger partial charge in [0, 0.05) is 36.2 Å². The monoisotopic (exact) mass is 440 g/mol. The molecule has 5 rings (SSSR count). The third-order valence-corrected chi connectivity index (χ3v) is 6.77. The Labute approximate surface area is 180 Å². The second-order valence-electron chi connectivity index (χ2n) is 6.49. The van der Waals surface area contributed by atoms with E-state index in [1.807, 2.05) is 42.0 Å².